The van der Waals surface area contributed by atoms with E-state index in [2.05, 4.69) is 16.4 Å². The molecule has 27 heavy (non-hydrogen) atoms. The molecule has 1 aliphatic rings. The standard InChI is InChI=1S/C20H22N6O/c21-11-13-4-3-6-15(10-13)24-19-18-17(8-9-23-20(18)27)26(25-19)16-7-2-1-5-14(16)12-22/h3-4,6,8-10,14,16H,1-2,5,7,11,21H2,(H,23,27)(H,24,25). The Bertz CT molecular complexity index is 1060. The smallest absolute Gasteiger partial charge is 0.261 e. The molecule has 1 saturated carbocycles. The molecule has 0 bridgehead atoms. The fourth-order valence-electron chi connectivity index (χ4n) is 3.91. The van der Waals surface area contributed by atoms with Crippen molar-refractivity contribution < 1.29 is 0 Å². The van der Waals surface area contributed by atoms with Crippen molar-refractivity contribution in [2.24, 2.45) is 11.7 Å². The van der Waals surface area contributed by atoms with Crippen molar-refractivity contribution in [1.82, 2.24) is 14.8 Å². The van der Waals surface area contributed by atoms with E-state index in [-0.39, 0.29) is 17.5 Å². The number of nitrogens with two attached hydrogens (primary N) is 1. The highest BCUT2D eigenvalue weighted by Gasteiger charge is 2.29. The fraction of sp³-hybridized carbons (Fsp3) is 0.350. The molecule has 0 aliphatic heterocycles. The number of pyridine rings is 1. The van der Waals surface area contributed by atoms with Crippen molar-refractivity contribution in [2.75, 3.05) is 5.32 Å². The maximum atomic E-state index is 12.5. The Morgan fingerprint density at radius 3 is 3.00 bits per heavy atom. The molecule has 7 heteroatoms. The summed E-state index contributed by atoms with van der Waals surface area (Å²) in [5, 5.41) is 18.1. The van der Waals surface area contributed by atoms with Crippen LogP contribution in [0.1, 0.15) is 37.3 Å². The monoisotopic (exact) mass is 362 g/mol. The van der Waals surface area contributed by atoms with Crippen LogP contribution in [0.5, 0.6) is 0 Å². The van der Waals surface area contributed by atoms with Crippen LogP contribution in [0, 0.1) is 17.2 Å². The van der Waals surface area contributed by atoms with Crippen molar-refractivity contribution >= 4 is 22.4 Å². The summed E-state index contributed by atoms with van der Waals surface area (Å²) >= 11 is 0. The molecule has 0 saturated heterocycles. The summed E-state index contributed by atoms with van der Waals surface area (Å²) in [6.45, 7) is 0.442. The first-order valence-electron chi connectivity index (χ1n) is 9.27. The van der Waals surface area contributed by atoms with Gasteiger partial charge in [-0.25, -0.2) is 0 Å². The van der Waals surface area contributed by atoms with Crippen LogP contribution in [0.2, 0.25) is 0 Å². The van der Waals surface area contributed by atoms with Crippen molar-refractivity contribution in [2.45, 2.75) is 38.3 Å². The van der Waals surface area contributed by atoms with E-state index in [0.717, 1.165) is 42.5 Å². The van der Waals surface area contributed by atoms with Gasteiger partial charge in [0.15, 0.2) is 5.82 Å². The van der Waals surface area contributed by atoms with Gasteiger partial charge in [-0.05, 0) is 36.6 Å². The summed E-state index contributed by atoms with van der Waals surface area (Å²) < 4.78 is 1.87. The zero-order chi connectivity index (χ0) is 18.8. The zero-order valence-electron chi connectivity index (χ0n) is 15.0. The lowest BCUT2D eigenvalue weighted by atomic mass is 9.85. The van der Waals surface area contributed by atoms with Crippen LogP contribution < -0.4 is 16.6 Å². The van der Waals surface area contributed by atoms with Crippen LogP contribution in [0.3, 0.4) is 0 Å². The van der Waals surface area contributed by atoms with Crippen LogP contribution >= 0.6 is 0 Å². The van der Waals surface area contributed by atoms with E-state index in [0.29, 0.717) is 17.7 Å². The summed E-state index contributed by atoms with van der Waals surface area (Å²) in [6, 6.07) is 12.0. The average Bonchev–Trinajstić information content (AvgIpc) is 3.07. The predicted molar refractivity (Wildman–Crippen MR) is 105 cm³/mol. The van der Waals surface area contributed by atoms with E-state index >= 15 is 0 Å². The number of nitriles is 1. The second kappa shape index (κ2) is 7.25. The van der Waals surface area contributed by atoms with Gasteiger partial charge in [0.1, 0.15) is 5.39 Å². The van der Waals surface area contributed by atoms with Gasteiger partial charge in [0.05, 0.1) is 23.5 Å². The lowest BCUT2D eigenvalue weighted by Gasteiger charge is -2.27. The molecule has 2 aromatic heterocycles. The number of anilines is 2. The van der Waals surface area contributed by atoms with E-state index in [1.165, 1.54) is 0 Å². The number of aromatic amines is 1. The third-order valence-corrected chi connectivity index (χ3v) is 5.27. The van der Waals surface area contributed by atoms with Crippen LogP contribution in [-0.2, 0) is 6.54 Å². The summed E-state index contributed by atoms with van der Waals surface area (Å²) in [5.74, 6) is 0.415. The number of rotatable bonds is 4. The normalized spacial score (nSPS) is 19.7. The molecule has 4 N–H and O–H groups in total. The molecule has 0 radical (unpaired) electrons. The molecule has 0 spiro atoms. The van der Waals surface area contributed by atoms with E-state index in [9.17, 15) is 10.1 Å². The molecule has 1 aromatic carbocycles. The molecule has 2 atom stereocenters. The van der Waals surface area contributed by atoms with E-state index in [4.69, 9.17) is 10.8 Å². The third kappa shape index (κ3) is 3.20. The number of hydrogen-bond acceptors (Lipinski definition) is 5. The van der Waals surface area contributed by atoms with Crippen molar-refractivity contribution in [3.8, 4) is 6.07 Å². The van der Waals surface area contributed by atoms with E-state index in [1.807, 2.05) is 35.0 Å². The number of hydrogen-bond donors (Lipinski definition) is 3. The largest absolute Gasteiger partial charge is 0.338 e. The summed E-state index contributed by atoms with van der Waals surface area (Å²) in [5.41, 5.74) is 8.11. The number of fused-ring (bicyclic) bond motifs is 1. The van der Waals surface area contributed by atoms with Crippen LogP contribution in [-0.4, -0.2) is 14.8 Å². The fourth-order valence-corrected chi connectivity index (χ4v) is 3.91. The van der Waals surface area contributed by atoms with E-state index < -0.39 is 0 Å². The summed E-state index contributed by atoms with van der Waals surface area (Å²) in [6.07, 6.45) is 5.52. The van der Waals surface area contributed by atoms with Gasteiger partial charge in [-0.1, -0.05) is 25.0 Å². The highest BCUT2D eigenvalue weighted by atomic mass is 16.1. The molecule has 1 aliphatic carbocycles. The Hall–Kier alpha value is -3.11. The zero-order valence-corrected chi connectivity index (χ0v) is 15.0. The first-order chi connectivity index (χ1) is 13.2. The molecule has 4 rings (SSSR count). The van der Waals surface area contributed by atoms with Crippen molar-refractivity contribution in [3.63, 3.8) is 0 Å². The second-order valence-electron chi connectivity index (χ2n) is 6.98. The quantitative estimate of drug-likeness (QED) is 0.660. The lowest BCUT2D eigenvalue weighted by Crippen LogP contribution is -2.23. The highest BCUT2D eigenvalue weighted by Crippen LogP contribution is 2.36. The Morgan fingerprint density at radius 2 is 2.19 bits per heavy atom. The molecule has 7 nitrogen and oxygen atoms in total. The van der Waals surface area contributed by atoms with Gasteiger partial charge in [0.25, 0.3) is 5.56 Å². The SMILES string of the molecule is N#CC1CCCCC1n1nc(Nc2cccc(CN)c2)c2c(=O)[nH]ccc21. The van der Waals surface area contributed by atoms with E-state index in [1.54, 1.807) is 6.20 Å². The van der Waals surface area contributed by atoms with Gasteiger partial charge in [-0.15, -0.1) is 0 Å². The first kappa shape index (κ1) is 17.3. The van der Waals surface area contributed by atoms with Gasteiger partial charge in [-0.3, -0.25) is 9.48 Å². The number of aromatic nitrogens is 3. The molecular weight excluding hydrogens is 340 g/mol. The predicted octanol–water partition coefficient (Wildman–Crippen LogP) is 3.18. The minimum Gasteiger partial charge on any atom is -0.338 e. The highest BCUT2D eigenvalue weighted by molar-refractivity contribution is 5.91. The molecule has 3 aromatic rings. The Labute approximate surface area is 156 Å². The lowest BCUT2D eigenvalue weighted by molar-refractivity contribution is 0.277. The van der Waals surface area contributed by atoms with Crippen molar-refractivity contribution in [3.05, 3.63) is 52.4 Å². The molecule has 2 unspecified atom stereocenters. The van der Waals surface area contributed by atoms with Gasteiger partial charge in [0.2, 0.25) is 0 Å². The molecule has 0 amide bonds. The maximum Gasteiger partial charge on any atom is 0.261 e. The number of H-pyrrole nitrogens is 1. The molecule has 1 fully saturated rings. The number of nitrogens with zero attached hydrogens (tertiary/aromatic N) is 3. The first-order valence-corrected chi connectivity index (χ1v) is 9.27. The summed E-state index contributed by atoms with van der Waals surface area (Å²) in [4.78, 5) is 15.3. The minimum absolute atomic E-state index is 0.0148. The Balaban J connectivity index is 1.81. The Morgan fingerprint density at radius 1 is 1.33 bits per heavy atom. The average molecular weight is 362 g/mol. The topological polar surface area (TPSA) is 113 Å². The minimum atomic E-state index is -0.194. The van der Waals surface area contributed by atoms with Gasteiger partial charge < -0.3 is 16.0 Å². The van der Waals surface area contributed by atoms with Gasteiger partial charge in [-0.2, -0.15) is 10.4 Å². The van der Waals surface area contributed by atoms with Gasteiger partial charge >= 0.3 is 0 Å². The van der Waals surface area contributed by atoms with Crippen LogP contribution in [0.4, 0.5) is 11.5 Å². The van der Waals surface area contributed by atoms with Crippen molar-refractivity contribution in [1.29, 1.82) is 5.26 Å². The number of nitrogens with one attached hydrogen (secondary N) is 2. The molecular formula is C20H22N6O. The molecule has 2 heterocycles. The van der Waals surface area contributed by atoms with Crippen LogP contribution in [0.15, 0.2) is 41.3 Å². The van der Waals surface area contributed by atoms with Crippen LogP contribution in [0.25, 0.3) is 10.9 Å². The third-order valence-electron chi connectivity index (χ3n) is 5.27. The summed E-state index contributed by atoms with van der Waals surface area (Å²) in [7, 11) is 0. The number of benzene rings is 1. The Kier molecular flexibility index (Phi) is 4.65. The molecule has 138 valence electrons. The maximum absolute atomic E-state index is 12.5. The second-order valence-corrected chi connectivity index (χ2v) is 6.98. The van der Waals surface area contributed by atoms with Gasteiger partial charge in [0, 0.05) is 18.4 Å².